The molecule has 5 heteroatoms. The molecule has 0 atom stereocenters. The van der Waals surface area contributed by atoms with Crippen LogP contribution in [0.5, 0.6) is 0 Å². The average molecular weight is 178 g/mol. The highest BCUT2D eigenvalue weighted by atomic mass is 16.5. The zero-order chi connectivity index (χ0) is 9.42. The van der Waals surface area contributed by atoms with Crippen molar-refractivity contribution in [1.82, 2.24) is 0 Å². The summed E-state index contributed by atoms with van der Waals surface area (Å²) in [4.78, 5) is 11.1. The Morgan fingerprint density at radius 1 is 1.38 bits per heavy atom. The summed E-state index contributed by atoms with van der Waals surface area (Å²) in [6, 6.07) is 4.89. The van der Waals surface area contributed by atoms with Crippen molar-refractivity contribution in [2.45, 2.75) is 6.61 Å². The summed E-state index contributed by atoms with van der Waals surface area (Å²) >= 11 is 0. The molecule has 0 fully saturated rings. The third kappa shape index (κ3) is 1.22. The Balaban J connectivity index is 2.60. The summed E-state index contributed by atoms with van der Waals surface area (Å²) in [5.41, 5.74) is 1.20. The fourth-order valence-corrected chi connectivity index (χ4v) is 1.42. The van der Waals surface area contributed by atoms with E-state index in [1.54, 1.807) is 12.1 Å². The van der Waals surface area contributed by atoms with Gasteiger partial charge in [0, 0.05) is 5.56 Å². The lowest BCUT2D eigenvalue weighted by Gasteiger charge is -2.02. The van der Waals surface area contributed by atoms with Gasteiger partial charge in [0.2, 0.25) is 0 Å². The fourth-order valence-electron chi connectivity index (χ4n) is 1.42. The molecule has 0 saturated carbocycles. The maximum Gasteiger partial charge on any atom is 0.489 e. The van der Waals surface area contributed by atoms with Gasteiger partial charge in [-0.15, -0.1) is 0 Å². The van der Waals surface area contributed by atoms with Crippen LogP contribution in [-0.4, -0.2) is 23.1 Å². The van der Waals surface area contributed by atoms with Crippen molar-refractivity contribution in [3.63, 3.8) is 0 Å². The van der Waals surface area contributed by atoms with Crippen molar-refractivity contribution in [2.24, 2.45) is 0 Å². The Kier molecular flexibility index (Phi) is 1.83. The first-order valence-electron chi connectivity index (χ1n) is 3.85. The number of fused-ring (bicyclic) bond motifs is 1. The second kappa shape index (κ2) is 2.87. The number of benzene rings is 1. The monoisotopic (exact) mass is 178 g/mol. The summed E-state index contributed by atoms with van der Waals surface area (Å²) in [6.07, 6.45) is 0. The van der Waals surface area contributed by atoms with Crippen LogP contribution in [0.2, 0.25) is 0 Å². The Hall–Kier alpha value is -1.33. The standard InChI is InChI=1S/C8H7BO4/c10-8-7-5(4-13-8)2-1-3-6(7)9(11)12/h1-3,11-12H,4H2. The van der Waals surface area contributed by atoms with Crippen LogP contribution in [0.1, 0.15) is 15.9 Å². The van der Waals surface area contributed by atoms with E-state index in [2.05, 4.69) is 0 Å². The lowest BCUT2D eigenvalue weighted by molar-refractivity contribution is 0.0535. The number of hydrogen-bond donors (Lipinski definition) is 2. The molecule has 0 aliphatic carbocycles. The SMILES string of the molecule is O=C1OCc2cccc(B(O)O)c21. The number of cyclic esters (lactones) is 1. The normalized spacial score (nSPS) is 13.8. The first-order chi connectivity index (χ1) is 6.20. The van der Waals surface area contributed by atoms with Gasteiger partial charge in [-0.05, 0) is 5.46 Å². The molecule has 2 rings (SSSR count). The molecule has 2 N–H and O–H groups in total. The minimum absolute atomic E-state index is 0.208. The molecule has 1 aliphatic rings. The van der Waals surface area contributed by atoms with Gasteiger partial charge in [-0.2, -0.15) is 0 Å². The summed E-state index contributed by atoms with van der Waals surface area (Å²) in [5.74, 6) is -0.487. The molecule has 0 aromatic heterocycles. The summed E-state index contributed by atoms with van der Waals surface area (Å²) in [7, 11) is -1.62. The quantitative estimate of drug-likeness (QED) is 0.429. The maximum atomic E-state index is 11.1. The van der Waals surface area contributed by atoms with E-state index in [1.807, 2.05) is 0 Å². The third-order valence-electron chi connectivity index (χ3n) is 2.02. The predicted octanol–water partition coefficient (Wildman–Crippen LogP) is -0.963. The van der Waals surface area contributed by atoms with Crippen molar-refractivity contribution in [3.05, 3.63) is 29.3 Å². The molecule has 1 aromatic carbocycles. The zero-order valence-electron chi connectivity index (χ0n) is 6.73. The summed E-state index contributed by atoms with van der Waals surface area (Å²) in [5, 5.41) is 17.9. The van der Waals surface area contributed by atoms with Crippen LogP contribution >= 0.6 is 0 Å². The molecule has 66 valence electrons. The molecular weight excluding hydrogens is 171 g/mol. The van der Waals surface area contributed by atoms with Crippen LogP contribution in [0, 0.1) is 0 Å². The van der Waals surface area contributed by atoms with E-state index < -0.39 is 13.1 Å². The van der Waals surface area contributed by atoms with Crippen LogP contribution < -0.4 is 5.46 Å². The molecule has 1 aliphatic heterocycles. The van der Waals surface area contributed by atoms with E-state index in [9.17, 15) is 4.79 Å². The number of carbonyl (C=O) groups is 1. The minimum Gasteiger partial charge on any atom is -0.457 e. The van der Waals surface area contributed by atoms with Crippen LogP contribution in [0.25, 0.3) is 0 Å². The Morgan fingerprint density at radius 3 is 2.85 bits per heavy atom. The van der Waals surface area contributed by atoms with Gasteiger partial charge in [0.1, 0.15) is 6.61 Å². The molecule has 0 bridgehead atoms. The van der Waals surface area contributed by atoms with Crippen molar-refractivity contribution >= 4 is 18.6 Å². The van der Waals surface area contributed by atoms with Crippen molar-refractivity contribution < 1.29 is 19.6 Å². The highest BCUT2D eigenvalue weighted by Gasteiger charge is 2.28. The first kappa shape index (κ1) is 8.28. The van der Waals surface area contributed by atoms with Crippen molar-refractivity contribution in [2.75, 3.05) is 0 Å². The number of rotatable bonds is 1. The van der Waals surface area contributed by atoms with Gasteiger partial charge in [-0.3, -0.25) is 0 Å². The smallest absolute Gasteiger partial charge is 0.457 e. The van der Waals surface area contributed by atoms with Gasteiger partial charge in [-0.1, -0.05) is 18.2 Å². The van der Waals surface area contributed by atoms with Crippen LogP contribution in [-0.2, 0) is 11.3 Å². The van der Waals surface area contributed by atoms with E-state index in [1.165, 1.54) is 6.07 Å². The lowest BCUT2D eigenvalue weighted by atomic mass is 9.76. The van der Waals surface area contributed by atoms with E-state index in [0.717, 1.165) is 0 Å². The maximum absolute atomic E-state index is 11.1. The van der Waals surface area contributed by atoms with Gasteiger partial charge in [0.05, 0.1) is 5.56 Å². The number of hydrogen-bond acceptors (Lipinski definition) is 4. The zero-order valence-corrected chi connectivity index (χ0v) is 6.73. The fraction of sp³-hybridized carbons (Fsp3) is 0.125. The Labute approximate surface area is 74.9 Å². The Morgan fingerprint density at radius 2 is 2.15 bits per heavy atom. The van der Waals surface area contributed by atoms with Crippen molar-refractivity contribution in [3.8, 4) is 0 Å². The van der Waals surface area contributed by atoms with E-state index >= 15 is 0 Å². The van der Waals surface area contributed by atoms with Gasteiger partial charge in [0.25, 0.3) is 0 Å². The molecule has 0 amide bonds. The average Bonchev–Trinajstić information content (AvgIpc) is 2.48. The molecular formula is C8H7BO4. The minimum atomic E-state index is -1.62. The number of esters is 1. The van der Waals surface area contributed by atoms with E-state index in [0.29, 0.717) is 5.56 Å². The van der Waals surface area contributed by atoms with E-state index in [4.69, 9.17) is 14.8 Å². The van der Waals surface area contributed by atoms with Crippen LogP contribution in [0.3, 0.4) is 0 Å². The van der Waals surface area contributed by atoms with E-state index in [-0.39, 0.29) is 17.6 Å². The molecule has 13 heavy (non-hydrogen) atoms. The highest BCUT2D eigenvalue weighted by Crippen LogP contribution is 2.17. The highest BCUT2D eigenvalue weighted by molar-refractivity contribution is 6.60. The molecule has 1 aromatic rings. The lowest BCUT2D eigenvalue weighted by Crippen LogP contribution is -2.34. The molecule has 0 radical (unpaired) electrons. The molecule has 1 heterocycles. The largest absolute Gasteiger partial charge is 0.489 e. The first-order valence-corrected chi connectivity index (χ1v) is 3.85. The van der Waals surface area contributed by atoms with Gasteiger partial charge >= 0.3 is 13.1 Å². The Bertz CT molecular complexity index is 361. The number of carbonyl (C=O) groups excluding carboxylic acids is 1. The summed E-state index contributed by atoms with van der Waals surface area (Å²) < 4.78 is 4.75. The molecule has 0 unspecified atom stereocenters. The predicted molar refractivity (Wildman–Crippen MR) is 45.4 cm³/mol. The van der Waals surface area contributed by atoms with Gasteiger partial charge < -0.3 is 14.8 Å². The molecule has 0 saturated heterocycles. The molecule has 4 nitrogen and oxygen atoms in total. The van der Waals surface area contributed by atoms with Gasteiger partial charge in [0.15, 0.2) is 0 Å². The van der Waals surface area contributed by atoms with Gasteiger partial charge in [-0.25, -0.2) is 4.79 Å². The number of ether oxygens (including phenoxy) is 1. The second-order valence-electron chi connectivity index (χ2n) is 2.83. The molecule has 0 spiro atoms. The second-order valence-corrected chi connectivity index (χ2v) is 2.83. The topological polar surface area (TPSA) is 66.8 Å². The third-order valence-corrected chi connectivity index (χ3v) is 2.02. The summed E-state index contributed by atoms with van der Waals surface area (Å²) in [6.45, 7) is 0.217. The van der Waals surface area contributed by atoms with Crippen molar-refractivity contribution in [1.29, 1.82) is 0 Å². The van der Waals surface area contributed by atoms with Crippen LogP contribution in [0.4, 0.5) is 0 Å². The van der Waals surface area contributed by atoms with Crippen LogP contribution in [0.15, 0.2) is 18.2 Å².